The van der Waals surface area contributed by atoms with Crippen LogP contribution in [0.1, 0.15) is 90.9 Å². The molecule has 0 aliphatic rings. The highest BCUT2D eigenvalue weighted by atomic mass is 16.1. The first-order chi connectivity index (χ1) is 8.81. The summed E-state index contributed by atoms with van der Waals surface area (Å²) < 4.78 is 0. The van der Waals surface area contributed by atoms with E-state index in [0.717, 1.165) is 13.0 Å². The van der Waals surface area contributed by atoms with Crippen LogP contribution in [0.3, 0.4) is 0 Å². The highest BCUT2D eigenvalue weighted by Gasteiger charge is 1.95. The lowest BCUT2D eigenvalue weighted by atomic mass is 10.1. The summed E-state index contributed by atoms with van der Waals surface area (Å²) in [4.78, 5) is 11.0. The van der Waals surface area contributed by atoms with E-state index < -0.39 is 0 Å². The van der Waals surface area contributed by atoms with Gasteiger partial charge in [0.05, 0.1) is 0 Å². The molecule has 0 spiro atoms. The molecule has 0 aliphatic carbocycles. The second-order valence-electron chi connectivity index (χ2n) is 5.24. The van der Waals surface area contributed by atoms with Crippen LogP contribution in [-0.4, -0.2) is 12.5 Å². The fourth-order valence-corrected chi connectivity index (χ4v) is 2.14. The van der Waals surface area contributed by atoms with Crippen LogP contribution in [-0.2, 0) is 4.79 Å². The second kappa shape index (κ2) is 14.5. The normalized spacial score (nSPS) is 10.6. The van der Waals surface area contributed by atoms with Crippen LogP contribution in [0.15, 0.2) is 0 Å². The zero-order valence-corrected chi connectivity index (χ0v) is 12.6. The summed E-state index contributed by atoms with van der Waals surface area (Å²) in [5.74, 6) is 0.182. The average molecular weight is 255 g/mol. The molecule has 0 bridgehead atoms. The Morgan fingerprint density at radius 3 is 1.61 bits per heavy atom. The molecular formula is C16H33NO. The number of unbranched alkanes of at least 4 members (excludes halogenated alkanes) is 10. The van der Waals surface area contributed by atoms with Crippen LogP contribution in [0.25, 0.3) is 0 Å². The molecule has 0 fully saturated rings. The zero-order valence-electron chi connectivity index (χ0n) is 12.6. The van der Waals surface area contributed by atoms with Gasteiger partial charge in [0.25, 0.3) is 0 Å². The van der Waals surface area contributed by atoms with Gasteiger partial charge in [0, 0.05) is 13.0 Å². The monoisotopic (exact) mass is 255 g/mol. The Kier molecular flexibility index (Phi) is 14.1. The molecule has 1 N–H and O–H groups in total. The molecule has 0 atom stereocenters. The lowest BCUT2D eigenvalue weighted by molar-refractivity contribution is -0.120. The van der Waals surface area contributed by atoms with Crippen molar-refractivity contribution in [3.63, 3.8) is 0 Å². The van der Waals surface area contributed by atoms with E-state index in [1.165, 1.54) is 64.2 Å². The van der Waals surface area contributed by atoms with Gasteiger partial charge >= 0.3 is 0 Å². The maximum atomic E-state index is 11.0. The van der Waals surface area contributed by atoms with Gasteiger partial charge in [-0.25, -0.2) is 0 Å². The molecule has 0 aromatic rings. The molecule has 0 rings (SSSR count). The molecule has 2 nitrogen and oxygen atoms in total. The molecule has 0 saturated heterocycles. The van der Waals surface area contributed by atoms with Gasteiger partial charge < -0.3 is 5.32 Å². The third kappa shape index (κ3) is 13.5. The SMILES string of the molecule is CCCCCCCCCCCCCNC(=O)CC. The number of carbonyl (C=O) groups excluding carboxylic acids is 1. The first kappa shape index (κ1) is 17.5. The Hall–Kier alpha value is -0.530. The summed E-state index contributed by atoms with van der Waals surface area (Å²) in [6, 6.07) is 0. The number of rotatable bonds is 13. The van der Waals surface area contributed by atoms with E-state index in [9.17, 15) is 4.79 Å². The molecule has 0 heterocycles. The Balaban J connectivity index is 2.97. The Morgan fingerprint density at radius 1 is 0.722 bits per heavy atom. The van der Waals surface area contributed by atoms with Gasteiger partial charge in [-0.15, -0.1) is 0 Å². The Labute approximate surface area is 114 Å². The predicted molar refractivity (Wildman–Crippen MR) is 79.8 cm³/mol. The fraction of sp³-hybridized carbons (Fsp3) is 0.938. The highest BCUT2D eigenvalue weighted by molar-refractivity contribution is 5.75. The molecular weight excluding hydrogens is 222 g/mol. The van der Waals surface area contributed by atoms with E-state index in [1.807, 2.05) is 6.92 Å². The standard InChI is InChI=1S/C16H33NO/c1-3-5-6-7-8-9-10-11-12-13-14-15-17-16(18)4-2/h3-15H2,1-2H3,(H,17,18). The van der Waals surface area contributed by atoms with Crippen LogP contribution in [0, 0.1) is 0 Å². The lowest BCUT2D eigenvalue weighted by Crippen LogP contribution is -2.23. The van der Waals surface area contributed by atoms with Gasteiger partial charge in [0.2, 0.25) is 5.91 Å². The number of hydrogen-bond acceptors (Lipinski definition) is 1. The molecule has 0 aliphatic heterocycles. The van der Waals surface area contributed by atoms with E-state index in [0.29, 0.717) is 6.42 Å². The summed E-state index contributed by atoms with van der Waals surface area (Å²) in [6.45, 7) is 5.03. The third-order valence-electron chi connectivity index (χ3n) is 3.42. The average Bonchev–Trinajstić information content (AvgIpc) is 2.39. The maximum Gasteiger partial charge on any atom is 0.219 e. The smallest absolute Gasteiger partial charge is 0.219 e. The maximum absolute atomic E-state index is 11.0. The number of carbonyl (C=O) groups is 1. The Bertz CT molecular complexity index is 180. The summed E-state index contributed by atoms with van der Waals surface area (Å²) in [5.41, 5.74) is 0. The van der Waals surface area contributed by atoms with Gasteiger partial charge in [0.15, 0.2) is 0 Å². The topological polar surface area (TPSA) is 29.1 Å². The van der Waals surface area contributed by atoms with Gasteiger partial charge in [-0.05, 0) is 6.42 Å². The van der Waals surface area contributed by atoms with Crippen molar-refractivity contribution < 1.29 is 4.79 Å². The summed E-state index contributed by atoms with van der Waals surface area (Å²) in [7, 11) is 0. The molecule has 108 valence electrons. The van der Waals surface area contributed by atoms with Gasteiger partial charge in [-0.2, -0.15) is 0 Å². The number of amides is 1. The van der Waals surface area contributed by atoms with Crippen molar-refractivity contribution in [2.45, 2.75) is 90.9 Å². The fourth-order valence-electron chi connectivity index (χ4n) is 2.14. The van der Waals surface area contributed by atoms with E-state index in [-0.39, 0.29) is 5.91 Å². The summed E-state index contributed by atoms with van der Waals surface area (Å²) in [5, 5.41) is 2.92. The molecule has 1 amide bonds. The quantitative estimate of drug-likeness (QED) is 0.469. The van der Waals surface area contributed by atoms with Crippen LogP contribution in [0.5, 0.6) is 0 Å². The highest BCUT2D eigenvalue weighted by Crippen LogP contribution is 2.10. The van der Waals surface area contributed by atoms with Crippen LogP contribution in [0.2, 0.25) is 0 Å². The largest absolute Gasteiger partial charge is 0.356 e. The van der Waals surface area contributed by atoms with Crippen molar-refractivity contribution in [3.05, 3.63) is 0 Å². The van der Waals surface area contributed by atoms with Gasteiger partial charge in [0.1, 0.15) is 0 Å². The second-order valence-corrected chi connectivity index (χ2v) is 5.24. The molecule has 2 heteroatoms. The predicted octanol–water partition coefficient (Wildman–Crippen LogP) is 4.82. The molecule has 0 unspecified atom stereocenters. The van der Waals surface area contributed by atoms with Gasteiger partial charge in [-0.3, -0.25) is 4.79 Å². The first-order valence-electron chi connectivity index (χ1n) is 8.08. The van der Waals surface area contributed by atoms with Crippen molar-refractivity contribution in [1.29, 1.82) is 0 Å². The molecule has 18 heavy (non-hydrogen) atoms. The minimum Gasteiger partial charge on any atom is -0.356 e. The molecule has 0 aromatic heterocycles. The zero-order chi connectivity index (χ0) is 13.5. The summed E-state index contributed by atoms with van der Waals surface area (Å²) in [6.07, 6.45) is 15.5. The minimum atomic E-state index is 0.182. The van der Waals surface area contributed by atoms with E-state index in [2.05, 4.69) is 12.2 Å². The number of nitrogens with one attached hydrogen (secondary N) is 1. The van der Waals surface area contributed by atoms with Crippen molar-refractivity contribution in [1.82, 2.24) is 5.32 Å². The van der Waals surface area contributed by atoms with Crippen molar-refractivity contribution in [3.8, 4) is 0 Å². The van der Waals surface area contributed by atoms with E-state index in [4.69, 9.17) is 0 Å². The van der Waals surface area contributed by atoms with E-state index >= 15 is 0 Å². The van der Waals surface area contributed by atoms with Crippen LogP contribution < -0.4 is 5.32 Å². The van der Waals surface area contributed by atoms with E-state index in [1.54, 1.807) is 0 Å². The van der Waals surface area contributed by atoms with Crippen molar-refractivity contribution in [2.75, 3.05) is 6.54 Å². The van der Waals surface area contributed by atoms with Crippen molar-refractivity contribution in [2.24, 2.45) is 0 Å². The van der Waals surface area contributed by atoms with Crippen LogP contribution >= 0.6 is 0 Å². The van der Waals surface area contributed by atoms with Crippen LogP contribution in [0.4, 0.5) is 0 Å². The third-order valence-corrected chi connectivity index (χ3v) is 3.42. The first-order valence-corrected chi connectivity index (χ1v) is 8.08. The van der Waals surface area contributed by atoms with Gasteiger partial charge in [-0.1, -0.05) is 78.1 Å². The van der Waals surface area contributed by atoms with Crippen molar-refractivity contribution >= 4 is 5.91 Å². The minimum absolute atomic E-state index is 0.182. The molecule has 0 aromatic carbocycles. The molecule has 0 saturated carbocycles. The Morgan fingerprint density at radius 2 is 1.17 bits per heavy atom. The lowest BCUT2D eigenvalue weighted by Gasteiger charge is -2.04. The summed E-state index contributed by atoms with van der Waals surface area (Å²) >= 11 is 0. The molecule has 0 radical (unpaired) electrons. The number of hydrogen-bond donors (Lipinski definition) is 1.